The molecule has 1 heterocycles. The van der Waals surface area contributed by atoms with Gasteiger partial charge in [-0.05, 0) is 31.1 Å². The molecule has 0 aromatic heterocycles. The summed E-state index contributed by atoms with van der Waals surface area (Å²) in [6.45, 7) is 8.18. The summed E-state index contributed by atoms with van der Waals surface area (Å²) in [4.78, 5) is 26.6. The summed E-state index contributed by atoms with van der Waals surface area (Å²) >= 11 is 0. The van der Waals surface area contributed by atoms with Crippen LogP contribution in [0.25, 0.3) is 0 Å². The van der Waals surface area contributed by atoms with E-state index in [0.717, 1.165) is 19.3 Å². The summed E-state index contributed by atoms with van der Waals surface area (Å²) in [5, 5.41) is 2.91. The van der Waals surface area contributed by atoms with Gasteiger partial charge in [0.05, 0.1) is 0 Å². The number of nitrogens with one attached hydrogen (secondary N) is 1. The van der Waals surface area contributed by atoms with Gasteiger partial charge in [0.1, 0.15) is 12.1 Å². The minimum absolute atomic E-state index is 0.0298. The molecule has 0 spiro atoms. The normalized spacial score (nSPS) is 29.1. The van der Waals surface area contributed by atoms with Gasteiger partial charge in [-0.15, -0.1) is 0 Å². The Morgan fingerprint density at radius 2 is 1.83 bits per heavy atom. The van der Waals surface area contributed by atoms with Gasteiger partial charge < -0.3 is 10.2 Å². The van der Waals surface area contributed by atoms with Gasteiger partial charge in [-0.25, -0.2) is 0 Å². The highest BCUT2D eigenvalue weighted by Crippen LogP contribution is 2.33. The number of nitrogens with zero attached hydrogens (tertiary/aromatic N) is 1. The fourth-order valence-electron chi connectivity index (χ4n) is 2.78. The standard InChI is InChI=1S/C14H24N2O2/c1-8(2)7-11-14(18)16(10-5-6-10)12(9(3)4)13(17)15-11/h8-12H,5-7H2,1-4H3,(H,15,17). The SMILES string of the molecule is CC(C)CC1NC(=O)C(C(C)C)N(C2CC2)C1=O. The molecule has 2 atom stereocenters. The Morgan fingerprint density at radius 1 is 1.22 bits per heavy atom. The molecule has 0 bridgehead atoms. The van der Waals surface area contributed by atoms with E-state index in [1.54, 1.807) is 0 Å². The Kier molecular flexibility index (Phi) is 3.64. The zero-order chi connectivity index (χ0) is 13.4. The molecule has 2 unspecified atom stereocenters. The Balaban J connectivity index is 2.18. The molecular formula is C14H24N2O2. The predicted molar refractivity (Wildman–Crippen MR) is 69.9 cm³/mol. The van der Waals surface area contributed by atoms with E-state index < -0.39 is 0 Å². The molecule has 18 heavy (non-hydrogen) atoms. The van der Waals surface area contributed by atoms with Crippen LogP contribution >= 0.6 is 0 Å². The molecule has 0 aromatic rings. The molecule has 2 fully saturated rings. The number of rotatable bonds is 4. The first-order valence-corrected chi connectivity index (χ1v) is 7.04. The van der Waals surface area contributed by atoms with Crippen LogP contribution in [0, 0.1) is 11.8 Å². The van der Waals surface area contributed by atoms with Crippen LogP contribution in [0.5, 0.6) is 0 Å². The Morgan fingerprint density at radius 3 is 2.28 bits per heavy atom. The van der Waals surface area contributed by atoms with E-state index >= 15 is 0 Å². The molecule has 0 radical (unpaired) electrons. The van der Waals surface area contributed by atoms with Crippen molar-refractivity contribution in [1.29, 1.82) is 0 Å². The monoisotopic (exact) mass is 252 g/mol. The van der Waals surface area contributed by atoms with Crippen molar-refractivity contribution in [2.24, 2.45) is 11.8 Å². The molecule has 0 aromatic carbocycles. The molecular weight excluding hydrogens is 228 g/mol. The van der Waals surface area contributed by atoms with Crippen molar-refractivity contribution in [2.45, 2.75) is 65.1 Å². The van der Waals surface area contributed by atoms with Crippen molar-refractivity contribution in [1.82, 2.24) is 10.2 Å². The molecule has 1 aliphatic heterocycles. The molecule has 1 N–H and O–H groups in total. The first-order valence-electron chi connectivity index (χ1n) is 7.04. The van der Waals surface area contributed by atoms with Crippen molar-refractivity contribution in [3.63, 3.8) is 0 Å². The number of piperazine rings is 1. The highest BCUT2D eigenvalue weighted by atomic mass is 16.2. The summed E-state index contributed by atoms with van der Waals surface area (Å²) in [6, 6.07) is -0.271. The second-order valence-corrected chi connectivity index (χ2v) is 6.36. The lowest BCUT2D eigenvalue weighted by Crippen LogP contribution is -2.65. The zero-order valence-electron chi connectivity index (χ0n) is 11.8. The highest BCUT2D eigenvalue weighted by Gasteiger charge is 2.47. The number of carbonyl (C=O) groups excluding carboxylic acids is 2. The van der Waals surface area contributed by atoms with Crippen LogP contribution in [0.3, 0.4) is 0 Å². The number of hydrogen-bond acceptors (Lipinski definition) is 2. The molecule has 1 saturated carbocycles. The molecule has 2 aliphatic rings. The van der Waals surface area contributed by atoms with E-state index in [1.807, 2.05) is 18.7 Å². The highest BCUT2D eigenvalue weighted by molar-refractivity contribution is 5.97. The van der Waals surface area contributed by atoms with Crippen LogP contribution in [0.4, 0.5) is 0 Å². The summed E-state index contributed by atoms with van der Waals surface area (Å²) in [5.41, 5.74) is 0. The van der Waals surface area contributed by atoms with E-state index in [9.17, 15) is 9.59 Å². The lowest BCUT2D eigenvalue weighted by atomic mass is 9.93. The van der Waals surface area contributed by atoms with Crippen LogP contribution < -0.4 is 5.32 Å². The third-order valence-electron chi connectivity index (χ3n) is 3.72. The smallest absolute Gasteiger partial charge is 0.246 e. The van der Waals surface area contributed by atoms with Gasteiger partial charge in [0.15, 0.2) is 0 Å². The van der Waals surface area contributed by atoms with Crippen LogP contribution in [0.2, 0.25) is 0 Å². The lowest BCUT2D eigenvalue weighted by molar-refractivity contribution is -0.152. The van der Waals surface area contributed by atoms with Crippen LogP contribution in [-0.2, 0) is 9.59 Å². The summed E-state index contributed by atoms with van der Waals surface area (Å²) in [5.74, 6) is 0.747. The van der Waals surface area contributed by atoms with Crippen molar-refractivity contribution in [3.8, 4) is 0 Å². The molecule has 4 heteroatoms. The maximum absolute atomic E-state index is 12.5. The minimum atomic E-state index is -0.312. The number of amides is 2. The Labute approximate surface area is 109 Å². The summed E-state index contributed by atoms with van der Waals surface area (Å²) in [7, 11) is 0. The van der Waals surface area contributed by atoms with E-state index in [4.69, 9.17) is 0 Å². The van der Waals surface area contributed by atoms with Gasteiger partial charge in [0, 0.05) is 6.04 Å². The zero-order valence-corrected chi connectivity index (χ0v) is 11.8. The second-order valence-electron chi connectivity index (χ2n) is 6.36. The maximum Gasteiger partial charge on any atom is 0.246 e. The van der Waals surface area contributed by atoms with Crippen molar-refractivity contribution in [3.05, 3.63) is 0 Å². The van der Waals surface area contributed by atoms with Crippen LogP contribution in [0.15, 0.2) is 0 Å². The fraction of sp³-hybridized carbons (Fsp3) is 0.857. The largest absolute Gasteiger partial charge is 0.342 e. The predicted octanol–water partition coefficient (Wildman–Crippen LogP) is 1.55. The van der Waals surface area contributed by atoms with E-state index in [1.165, 1.54) is 0 Å². The van der Waals surface area contributed by atoms with E-state index in [0.29, 0.717) is 12.0 Å². The van der Waals surface area contributed by atoms with Crippen LogP contribution in [0.1, 0.15) is 47.0 Å². The van der Waals surface area contributed by atoms with Gasteiger partial charge in [0.25, 0.3) is 0 Å². The molecule has 1 aliphatic carbocycles. The molecule has 2 rings (SSSR count). The Hall–Kier alpha value is -1.06. The average molecular weight is 252 g/mol. The minimum Gasteiger partial charge on any atom is -0.342 e. The Bertz CT molecular complexity index is 348. The van der Waals surface area contributed by atoms with Gasteiger partial charge >= 0.3 is 0 Å². The molecule has 2 amide bonds. The maximum atomic E-state index is 12.5. The summed E-state index contributed by atoms with van der Waals surface area (Å²) < 4.78 is 0. The molecule has 102 valence electrons. The molecule has 1 saturated heterocycles. The third-order valence-corrected chi connectivity index (χ3v) is 3.72. The topological polar surface area (TPSA) is 49.4 Å². The van der Waals surface area contributed by atoms with E-state index in [2.05, 4.69) is 19.2 Å². The average Bonchev–Trinajstić information content (AvgIpc) is 3.04. The van der Waals surface area contributed by atoms with Gasteiger partial charge in [-0.3, -0.25) is 9.59 Å². The second kappa shape index (κ2) is 4.90. The van der Waals surface area contributed by atoms with E-state index in [-0.39, 0.29) is 29.8 Å². The molecule has 4 nitrogen and oxygen atoms in total. The van der Waals surface area contributed by atoms with Crippen LogP contribution in [-0.4, -0.2) is 34.8 Å². The lowest BCUT2D eigenvalue weighted by Gasteiger charge is -2.41. The summed E-state index contributed by atoms with van der Waals surface area (Å²) in [6.07, 6.45) is 2.84. The van der Waals surface area contributed by atoms with Gasteiger partial charge in [-0.2, -0.15) is 0 Å². The van der Waals surface area contributed by atoms with Crippen molar-refractivity contribution < 1.29 is 9.59 Å². The number of carbonyl (C=O) groups is 2. The van der Waals surface area contributed by atoms with Gasteiger partial charge in [0.2, 0.25) is 11.8 Å². The van der Waals surface area contributed by atoms with Gasteiger partial charge in [-0.1, -0.05) is 27.7 Å². The number of hydrogen-bond donors (Lipinski definition) is 1. The van der Waals surface area contributed by atoms with Crippen molar-refractivity contribution >= 4 is 11.8 Å². The quantitative estimate of drug-likeness (QED) is 0.825. The fourth-order valence-corrected chi connectivity index (χ4v) is 2.78. The first-order chi connectivity index (χ1) is 8.41. The first kappa shape index (κ1) is 13.4. The third kappa shape index (κ3) is 2.52. The van der Waals surface area contributed by atoms with Crippen molar-refractivity contribution in [2.75, 3.05) is 0 Å².